The molecule has 1 aliphatic heterocycles. The number of carbonyl (C=O) groups is 1. The predicted molar refractivity (Wildman–Crippen MR) is 75.1 cm³/mol. The minimum Gasteiger partial charge on any atom is -0.497 e. The fourth-order valence-electron chi connectivity index (χ4n) is 2.37. The number of methoxy groups -OCH3 is 1. The maximum absolute atomic E-state index is 12.3. The lowest BCUT2D eigenvalue weighted by Crippen LogP contribution is -2.42. The number of Topliss-reactive ketones (excluding diaryl/α,β-unsaturated/α-hetero) is 1. The van der Waals surface area contributed by atoms with Crippen LogP contribution in [0.4, 0.5) is 0 Å². The summed E-state index contributed by atoms with van der Waals surface area (Å²) in [5, 5.41) is 0. The lowest BCUT2D eigenvalue weighted by molar-refractivity contribution is 0.0789. The van der Waals surface area contributed by atoms with Crippen LogP contribution in [-0.2, 0) is 0 Å². The minimum absolute atomic E-state index is 0.0901. The second-order valence-corrected chi connectivity index (χ2v) is 4.70. The summed E-state index contributed by atoms with van der Waals surface area (Å²) in [5.74, 6) is 1.25. The van der Waals surface area contributed by atoms with Crippen molar-refractivity contribution in [1.29, 1.82) is 0 Å². The van der Waals surface area contributed by atoms with Gasteiger partial charge in [-0.3, -0.25) is 4.79 Å². The Hall–Kier alpha value is -2.33. The lowest BCUT2D eigenvalue weighted by atomic mass is 9.92. The van der Waals surface area contributed by atoms with Crippen molar-refractivity contribution in [3.8, 4) is 11.5 Å². The minimum atomic E-state index is -0.696. The molecule has 0 aromatic heterocycles. The zero-order chi connectivity index (χ0) is 14.1. The van der Waals surface area contributed by atoms with Crippen molar-refractivity contribution in [2.45, 2.75) is 12.1 Å². The molecule has 0 unspecified atom stereocenters. The number of nitrogens with two attached hydrogens (primary N) is 1. The normalized spacial score (nSPS) is 21.0. The van der Waals surface area contributed by atoms with Crippen molar-refractivity contribution >= 4 is 5.78 Å². The Morgan fingerprint density at radius 2 is 1.80 bits per heavy atom. The molecule has 0 amide bonds. The highest BCUT2D eigenvalue weighted by atomic mass is 16.5. The van der Waals surface area contributed by atoms with Crippen LogP contribution in [0.1, 0.15) is 22.0 Å². The molecule has 0 saturated heterocycles. The summed E-state index contributed by atoms with van der Waals surface area (Å²) in [5.41, 5.74) is 7.44. The SMILES string of the molecule is COc1ccc([C@@H]2Oc3ccccc3C(=O)[C@@H]2N)cc1. The molecule has 0 spiro atoms. The van der Waals surface area contributed by atoms with Crippen LogP contribution in [0.3, 0.4) is 0 Å². The van der Waals surface area contributed by atoms with Gasteiger partial charge in [-0.2, -0.15) is 0 Å². The quantitative estimate of drug-likeness (QED) is 0.909. The number of hydrogen-bond donors (Lipinski definition) is 1. The second kappa shape index (κ2) is 4.98. The highest BCUT2D eigenvalue weighted by molar-refractivity contribution is 6.03. The van der Waals surface area contributed by atoms with Gasteiger partial charge in [0.15, 0.2) is 5.78 Å². The number of para-hydroxylation sites is 1. The van der Waals surface area contributed by atoms with E-state index < -0.39 is 12.1 Å². The molecule has 0 aliphatic carbocycles. The smallest absolute Gasteiger partial charge is 0.187 e. The molecule has 0 fully saturated rings. The van der Waals surface area contributed by atoms with Gasteiger partial charge < -0.3 is 15.2 Å². The first-order valence-electron chi connectivity index (χ1n) is 6.40. The van der Waals surface area contributed by atoms with Gasteiger partial charge in [-0.05, 0) is 29.8 Å². The maximum Gasteiger partial charge on any atom is 0.187 e. The third-order valence-corrected chi connectivity index (χ3v) is 3.48. The van der Waals surface area contributed by atoms with Crippen LogP contribution in [0, 0.1) is 0 Å². The third kappa shape index (κ3) is 2.04. The Labute approximate surface area is 117 Å². The van der Waals surface area contributed by atoms with Gasteiger partial charge in [0, 0.05) is 0 Å². The lowest BCUT2D eigenvalue weighted by Gasteiger charge is -2.30. The fraction of sp³-hybridized carbons (Fsp3) is 0.188. The van der Waals surface area contributed by atoms with Gasteiger partial charge in [0.25, 0.3) is 0 Å². The highest BCUT2D eigenvalue weighted by Crippen LogP contribution is 2.34. The van der Waals surface area contributed by atoms with Crippen molar-refractivity contribution in [1.82, 2.24) is 0 Å². The van der Waals surface area contributed by atoms with Crippen LogP contribution in [-0.4, -0.2) is 18.9 Å². The molecule has 0 bridgehead atoms. The van der Waals surface area contributed by atoms with Crippen LogP contribution >= 0.6 is 0 Å². The number of fused-ring (bicyclic) bond motifs is 1. The van der Waals surface area contributed by atoms with E-state index in [1.165, 1.54) is 0 Å². The zero-order valence-electron chi connectivity index (χ0n) is 11.1. The Balaban J connectivity index is 1.97. The summed E-state index contributed by atoms with van der Waals surface area (Å²) in [6.07, 6.45) is -0.469. The molecule has 1 aliphatic rings. The van der Waals surface area contributed by atoms with Crippen molar-refractivity contribution in [2.75, 3.05) is 7.11 Å². The van der Waals surface area contributed by atoms with E-state index in [2.05, 4.69) is 0 Å². The van der Waals surface area contributed by atoms with Gasteiger partial charge in [0.1, 0.15) is 23.6 Å². The highest BCUT2D eigenvalue weighted by Gasteiger charge is 2.35. The van der Waals surface area contributed by atoms with Crippen molar-refractivity contribution in [3.63, 3.8) is 0 Å². The Bertz CT molecular complexity index is 636. The Kier molecular flexibility index (Phi) is 3.16. The first-order chi connectivity index (χ1) is 9.70. The molecule has 2 atom stereocenters. The van der Waals surface area contributed by atoms with Gasteiger partial charge in [-0.25, -0.2) is 0 Å². The molecule has 20 heavy (non-hydrogen) atoms. The van der Waals surface area contributed by atoms with E-state index in [4.69, 9.17) is 15.2 Å². The van der Waals surface area contributed by atoms with E-state index in [1.807, 2.05) is 30.3 Å². The van der Waals surface area contributed by atoms with Gasteiger partial charge in [0.2, 0.25) is 0 Å². The molecule has 2 aromatic rings. The number of carbonyl (C=O) groups excluding carboxylic acids is 1. The molecular weight excluding hydrogens is 254 g/mol. The molecule has 2 aromatic carbocycles. The monoisotopic (exact) mass is 269 g/mol. The standard InChI is InChI=1S/C16H15NO3/c1-19-11-8-6-10(7-9-11)16-14(17)15(18)12-4-2-3-5-13(12)20-16/h2-9,14,16H,17H2,1H3/t14-,16-/m0/s1. The first kappa shape index (κ1) is 12.7. The number of ether oxygens (including phenoxy) is 2. The van der Waals surface area contributed by atoms with Gasteiger partial charge >= 0.3 is 0 Å². The summed E-state index contributed by atoms with van der Waals surface area (Å²) in [7, 11) is 1.61. The van der Waals surface area contributed by atoms with Gasteiger partial charge in [-0.1, -0.05) is 24.3 Å². The molecule has 1 heterocycles. The van der Waals surface area contributed by atoms with Crippen molar-refractivity contribution < 1.29 is 14.3 Å². The molecule has 102 valence electrons. The molecular formula is C16H15NO3. The topological polar surface area (TPSA) is 61.5 Å². The van der Waals surface area contributed by atoms with E-state index in [1.54, 1.807) is 25.3 Å². The summed E-state index contributed by atoms with van der Waals surface area (Å²) in [6.45, 7) is 0. The maximum atomic E-state index is 12.3. The summed E-state index contributed by atoms with van der Waals surface area (Å²) in [4.78, 5) is 12.3. The average molecular weight is 269 g/mol. The number of rotatable bonds is 2. The molecule has 0 saturated carbocycles. The van der Waals surface area contributed by atoms with E-state index in [9.17, 15) is 4.79 Å². The van der Waals surface area contributed by atoms with Crippen molar-refractivity contribution in [2.24, 2.45) is 5.73 Å². The predicted octanol–water partition coefficient (Wildman–Crippen LogP) is 2.34. The zero-order valence-corrected chi connectivity index (χ0v) is 11.1. The van der Waals surface area contributed by atoms with E-state index >= 15 is 0 Å². The Morgan fingerprint density at radius 1 is 1.10 bits per heavy atom. The van der Waals surface area contributed by atoms with Crippen LogP contribution in [0.15, 0.2) is 48.5 Å². The summed E-state index contributed by atoms with van der Waals surface area (Å²) < 4.78 is 11.0. The van der Waals surface area contributed by atoms with Crippen molar-refractivity contribution in [3.05, 3.63) is 59.7 Å². The second-order valence-electron chi connectivity index (χ2n) is 4.70. The van der Waals surface area contributed by atoms with Crippen LogP contribution in [0.2, 0.25) is 0 Å². The molecule has 2 N–H and O–H groups in total. The summed E-state index contributed by atoms with van der Waals surface area (Å²) in [6, 6.07) is 13.9. The van der Waals surface area contributed by atoms with E-state index in [0.717, 1.165) is 11.3 Å². The summed E-state index contributed by atoms with van der Waals surface area (Å²) >= 11 is 0. The van der Waals surface area contributed by atoms with Crippen LogP contribution in [0.5, 0.6) is 11.5 Å². The average Bonchev–Trinajstić information content (AvgIpc) is 2.51. The van der Waals surface area contributed by atoms with E-state index in [0.29, 0.717) is 11.3 Å². The van der Waals surface area contributed by atoms with Crippen LogP contribution in [0.25, 0.3) is 0 Å². The number of ketones is 1. The third-order valence-electron chi connectivity index (χ3n) is 3.48. The van der Waals surface area contributed by atoms with Gasteiger partial charge in [0.05, 0.1) is 12.7 Å². The largest absolute Gasteiger partial charge is 0.497 e. The van der Waals surface area contributed by atoms with Crippen LogP contribution < -0.4 is 15.2 Å². The molecule has 4 nitrogen and oxygen atoms in total. The number of hydrogen-bond acceptors (Lipinski definition) is 4. The number of benzene rings is 2. The fourth-order valence-corrected chi connectivity index (χ4v) is 2.37. The molecule has 0 radical (unpaired) electrons. The molecule has 3 rings (SSSR count). The molecule has 4 heteroatoms. The first-order valence-corrected chi connectivity index (χ1v) is 6.40. The van der Waals surface area contributed by atoms with E-state index in [-0.39, 0.29) is 5.78 Å². The van der Waals surface area contributed by atoms with Gasteiger partial charge in [-0.15, -0.1) is 0 Å². The Morgan fingerprint density at radius 3 is 2.50 bits per heavy atom.